The van der Waals surface area contributed by atoms with Crippen LogP contribution < -0.4 is 11.5 Å². The number of carboxylic acid groups (broad SMARTS) is 1. The van der Waals surface area contributed by atoms with E-state index in [2.05, 4.69) is 12.6 Å². The van der Waals surface area contributed by atoms with Gasteiger partial charge in [0.1, 0.15) is 5.54 Å². The van der Waals surface area contributed by atoms with Gasteiger partial charge in [0.05, 0.1) is 0 Å². The summed E-state index contributed by atoms with van der Waals surface area (Å²) >= 11 is 3.73. The minimum Gasteiger partial charge on any atom is -0.480 e. The molecule has 1 atom stereocenters. The number of hydrogen-bond donors (Lipinski definition) is 4. The number of aliphatic carboxylic acids is 1. The number of nitrogens with two attached hydrogens (primary N) is 2. The van der Waals surface area contributed by atoms with Crippen LogP contribution in [0.15, 0.2) is 0 Å². The summed E-state index contributed by atoms with van der Waals surface area (Å²) in [6.45, 7) is -0.0914. The Morgan fingerprint density at radius 2 is 2.22 bits per heavy atom. The minimum atomic E-state index is -1.36. The fourth-order valence-electron chi connectivity index (χ4n) is 0.219. The molecule has 0 fully saturated rings. The van der Waals surface area contributed by atoms with E-state index in [0.717, 1.165) is 0 Å². The molecule has 0 aliphatic rings. The predicted octanol–water partition coefficient (Wildman–Crippen LogP) is -1.34. The van der Waals surface area contributed by atoms with Crippen LogP contribution in [0.4, 0.5) is 0 Å². The monoisotopic (exact) mass is 150 g/mol. The zero-order valence-electron chi connectivity index (χ0n) is 4.87. The normalized spacial score (nSPS) is 16.8. The van der Waals surface area contributed by atoms with Crippen molar-refractivity contribution in [2.24, 2.45) is 11.5 Å². The van der Waals surface area contributed by atoms with Crippen molar-refractivity contribution in [1.82, 2.24) is 0 Å². The number of hydrogen-bond acceptors (Lipinski definition) is 4. The first-order chi connectivity index (χ1) is 4.06. The van der Waals surface area contributed by atoms with E-state index in [4.69, 9.17) is 16.6 Å². The van der Waals surface area contributed by atoms with Crippen LogP contribution in [0, 0.1) is 0 Å². The summed E-state index contributed by atoms with van der Waals surface area (Å²) in [5.74, 6) is -1.06. The molecule has 0 aromatic rings. The summed E-state index contributed by atoms with van der Waals surface area (Å²) in [6, 6.07) is 0. The maximum atomic E-state index is 10.2. The van der Waals surface area contributed by atoms with Crippen LogP contribution in [0.5, 0.6) is 0 Å². The fourth-order valence-corrected chi connectivity index (χ4v) is 0.484. The van der Waals surface area contributed by atoms with Crippen LogP contribution >= 0.6 is 12.6 Å². The van der Waals surface area contributed by atoms with Gasteiger partial charge in [-0.1, -0.05) is 0 Å². The third kappa shape index (κ3) is 1.85. The smallest absolute Gasteiger partial charge is 0.325 e. The van der Waals surface area contributed by atoms with Gasteiger partial charge in [0.25, 0.3) is 0 Å². The highest BCUT2D eigenvalue weighted by atomic mass is 32.1. The van der Waals surface area contributed by atoms with Gasteiger partial charge >= 0.3 is 5.97 Å². The minimum absolute atomic E-state index is 0.0544. The second-order valence-electron chi connectivity index (χ2n) is 1.82. The average Bonchev–Trinajstić information content (AvgIpc) is 1.86. The van der Waals surface area contributed by atoms with Crippen LogP contribution in [0.2, 0.25) is 0 Å². The van der Waals surface area contributed by atoms with E-state index in [9.17, 15) is 4.79 Å². The highest BCUT2D eigenvalue weighted by Gasteiger charge is 2.30. The molecule has 0 heterocycles. The number of thiol groups is 1. The van der Waals surface area contributed by atoms with Crippen molar-refractivity contribution < 1.29 is 9.90 Å². The lowest BCUT2D eigenvalue weighted by Gasteiger charge is -2.18. The molecule has 5 N–H and O–H groups in total. The molecule has 0 aromatic heterocycles. The Balaban J connectivity index is 4.09. The molecule has 4 nitrogen and oxygen atoms in total. The molecule has 0 bridgehead atoms. The standard InChI is InChI=1S/C4H10N2O2S/c5-1-4(6,2-9)3(7)8/h9H,1-2,5-6H2,(H,7,8)/t4-/m0/s1. The largest absolute Gasteiger partial charge is 0.480 e. The molecule has 0 rings (SSSR count). The van der Waals surface area contributed by atoms with Crippen molar-refractivity contribution in [3.63, 3.8) is 0 Å². The Morgan fingerprint density at radius 3 is 2.22 bits per heavy atom. The molecule has 0 radical (unpaired) electrons. The highest BCUT2D eigenvalue weighted by Crippen LogP contribution is 1.99. The molecule has 0 aromatic carbocycles. The third-order valence-corrected chi connectivity index (χ3v) is 1.64. The molecule has 0 saturated carbocycles. The maximum Gasteiger partial charge on any atom is 0.325 e. The van der Waals surface area contributed by atoms with E-state index < -0.39 is 11.5 Å². The second-order valence-corrected chi connectivity index (χ2v) is 2.14. The van der Waals surface area contributed by atoms with Crippen LogP contribution in [-0.4, -0.2) is 28.9 Å². The summed E-state index contributed by atoms with van der Waals surface area (Å²) in [5, 5.41) is 8.38. The Labute approximate surface area is 58.6 Å². The average molecular weight is 150 g/mol. The molecule has 0 saturated heterocycles. The Kier molecular flexibility index (Phi) is 2.96. The van der Waals surface area contributed by atoms with Gasteiger partial charge in [-0.3, -0.25) is 4.79 Å². The molecule has 54 valence electrons. The van der Waals surface area contributed by atoms with E-state index in [1.807, 2.05) is 0 Å². The van der Waals surface area contributed by atoms with Gasteiger partial charge in [0.15, 0.2) is 0 Å². The van der Waals surface area contributed by atoms with E-state index >= 15 is 0 Å². The van der Waals surface area contributed by atoms with Crippen LogP contribution in [0.3, 0.4) is 0 Å². The van der Waals surface area contributed by atoms with Gasteiger partial charge in [-0.2, -0.15) is 12.6 Å². The Morgan fingerprint density at radius 1 is 1.78 bits per heavy atom. The quantitative estimate of drug-likeness (QED) is 0.375. The zero-order chi connectivity index (χ0) is 7.49. The van der Waals surface area contributed by atoms with Crippen molar-refractivity contribution in [3.05, 3.63) is 0 Å². The number of carbonyl (C=O) groups is 1. The zero-order valence-corrected chi connectivity index (χ0v) is 5.77. The first-order valence-corrected chi connectivity index (χ1v) is 3.03. The number of rotatable bonds is 3. The van der Waals surface area contributed by atoms with Crippen molar-refractivity contribution >= 4 is 18.6 Å². The topological polar surface area (TPSA) is 89.3 Å². The van der Waals surface area contributed by atoms with Crippen molar-refractivity contribution in [3.8, 4) is 0 Å². The summed E-state index contributed by atoms with van der Waals surface area (Å²) in [4.78, 5) is 10.2. The molecule has 0 spiro atoms. The molecule has 5 heteroatoms. The molecule has 9 heavy (non-hydrogen) atoms. The lowest BCUT2D eigenvalue weighted by molar-refractivity contribution is -0.142. The lowest BCUT2D eigenvalue weighted by atomic mass is 10.1. The summed E-state index contributed by atoms with van der Waals surface area (Å²) < 4.78 is 0. The molecule has 0 aliphatic heterocycles. The van der Waals surface area contributed by atoms with Gasteiger partial charge < -0.3 is 16.6 Å². The van der Waals surface area contributed by atoms with Gasteiger partial charge in [0.2, 0.25) is 0 Å². The van der Waals surface area contributed by atoms with Crippen LogP contribution in [0.1, 0.15) is 0 Å². The Bertz CT molecular complexity index is 113. The van der Waals surface area contributed by atoms with E-state index in [1.165, 1.54) is 0 Å². The predicted molar refractivity (Wildman–Crippen MR) is 37.5 cm³/mol. The van der Waals surface area contributed by atoms with Crippen LogP contribution in [-0.2, 0) is 4.79 Å². The SMILES string of the molecule is NC[C@](N)(CS)C(=O)O. The van der Waals surface area contributed by atoms with Gasteiger partial charge in [-0.05, 0) is 0 Å². The summed E-state index contributed by atoms with van der Waals surface area (Å²) in [7, 11) is 0. The molecular weight excluding hydrogens is 140 g/mol. The highest BCUT2D eigenvalue weighted by molar-refractivity contribution is 7.80. The first kappa shape index (κ1) is 8.74. The molecular formula is C4H10N2O2S. The fraction of sp³-hybridized carbons (Fsp3) is 0.750. The Hall–Kier alpha value is -0.260. The van der Waals surface area contributed by atoms with Crippen molar-refractivity contribution in [2.75, 3.05) is 12.3 Å². The van der Waals surface area contributed by atoms with E-state index in [-0.39, 0.29) is 12.3 Å². The van der Waals surface area contributed by atoms with E-state index in [0.29, 0.717) is 0 Å². The molecule has 0 amide bonds. The lowest BCUT2D eigenvalue weighted by Crippen LogP contribution is -2.55. The molecule has 0 unspecified atom stereocenters. The van der Waals surface area contributed by atoms with Crippen molar-refractivity contribution in [2.45, 2.75) is 5.54 Å². The van der Waals surface area contributed by atoms with E-state index in [1.54, 1.807) is 0 Å². The summed E-state index contributed by atoms with van der Waals surface area (Å²) in [5.41, 5.74) is 8.94. The first-order valence-electron chi connectivity index (χ1n) is 2.40. The van der Waals surface area contributed by atoms with Gasteiger partial charge in [-0.25, -0.2) is 0 Å². The maximum absolute atomic E-state index is 10.2. The molecule has 0 aliphatic carbocycles. The number of carboxylic acids is 1. The van der Waals surface area contributed by atoms with Gasteiger partial charge in [-0.15, -0.1) is 0 Å². The second kappa shape index (κ2) is 3.05. The van der Waals surface area contributed by atoms with Crippen molar-refractivity contribution in [1.29, 1.82) is 0 Å². The summed E-state index contributed by atoms with van der Waals surface area (Å²) in [6.07, 6.45) is 0. The van der Waals surface area contributed by atoms with Crippen LogP contribution in [0.25, 0.3) is 0 Å². The van der Waals surface area contributed by atoms with Gasteiger partial charge in [0, 0.05) is 12.3 Å². The third-order valence-electron chi connectivity index (χ3n) is 1.07.